The summed E-state index contributed by atoms with van der Waals surface area (Å²) in [6.45, 7) is 0.443. The van der Waals surface area contributed by atoms with Gasteiger partial charge in [0.1, 0.15) is 28.2 Å². The first-order chi connectivity index (χ1) is 25.7. The fourth-order valence-corrected chi connectivity index (χ4v) is 7.41. The Labute approximate surface area is 299 Å². The molecule has 0 unspecified atom stereocenters. The van der Waals surface area contributed by atoms with Crippen LogP contribution >= 0.6 is 0 Å². The molecule has 0 bridgehead atoms. The van der Waals surface area contributed by atoms with Gasteiger partial charge in [-0.05, 0) is 86.8 Å². The molecule has 0 radical (unpaired) electrons. The van der Waals surface area contributed by atoms with Crippen molar-refractivity contribution in [1.29, 1.82) is 0 Å². The summed E-state index contributed by atoms with van der Waals surface area (Å²) < 4.78 is 12.7. The highest BCUT2D eigenvalue weighted by atomic mass is 16.3. The quantitative estimate of drug-likeness (QED) is 0.146. The van der Waals surface area contributed by atoms with Gasteiger partial charge >= 0.3 is 0 Å². The van der Waals surface area contributed by atoms with Crippen molar-refractivity contribution in [3.63, 3.8) is 0 Å². The molecule has 0 amide bonds. The summed E-state index contributed by atoms with van der Waals surface area (Å²) in [6.07, 6.45) is 0. The molecule has 0 aliphatic heterocycles. The van der Waals surface area contributed by atoms with Crippen molar-refractivity contribution in [3.05, 3.63) is 180 Å². The van der Waals surface area contributed by atoms with Crippen LogP contribution in [0.2, 0.25) is 0 Å². The lowest BCUT2D eigenvalue weighted by Gasteiger charge is -2.13. The average molecular weight is 670 g/mol. The van der Waals surface area contributed by atoms with Gasteiger partial charge in [-0.15, -0.1) is 0 Å². The van der Waals surface area contributed by atoms with E-state index in [0.717, 1.165) is 82.5 Å². The Morgan fingerprint density at radius 1 is 0.500 bits per heavy atom. The molecule has 5 heteroatoms. The number of hydrogen-bond donors (Lipinski definition) is 1. The van der Waals surface area contributed by atoms with Gasteiger partial charge in [0.05, 0.1) is 6.54 Å². The van der Waals surface area contributed by atoms with E-state index in [1.807, 2.05) is 54.6 Å². The van der Waals surface area contributed by atoms with E-state index >= 15 is 0 Å². The maximum atomic E-state index is 7.22. The summed E-state index contributed by atoms with van der Waals surface area (Å²) in [5, 5.41) is 8.66. The van der Waals surface area contributed by atoms with E-state index in [1.165, 1.54) is 10.8 Å². The van der Waals surface area contributed by atoms with E-state index in [1.54, 1.807) is 0 Å². The average Bonchev–Trinajstić information content (AvgIpc) is 3.77. The Morgan fingerprint density at radius 2 is 1.13 bits per heavy atom. The minimum atomic E-state index is 0.349. The van der Waals surface area contributed by atoms with Crippen molar-refractivity contribution in [2.75, 3.05) is 0 Å². The Morgan fingerprint density at radius 3 is 1.94 bits per heavy atom. The van der Waals surface area contributed by atoms with Crippen LogP contribution in [-0.2, 0) is 6.54 Å². The molecular weight excluding hydrogens is 639 g/mol. The molecule has 10 rings (SSSR count). The van der Waals surface area contributed by atoms with Gasteiger partial charge in [-0.3, -0.25) is 4.99 Å². The van der Waals surface area contributed by atoms with Gasteiger partial charge in [0.2, 0.25) is 0 Å². The number of aliphatic imine (C=N–C) groups is 2. The Hall–Kier alpha value is -6.98. The van der Waals surface area contributed by atoms with Crippen LogP contribution in [0.3, 0.4) is 0 Å². The second kappa shape index (κ2) is 12.1. The van der Waals surface area contributed by atoms with Crippen LogP contribution in [0.25, 0.3) is 76.5 Å². The third kappa shape index (κ3) is 5.10. The first-order valence-corrected chi connectivity index (χ1v) is 17.4. The minimum Gasteiger partial charge on any atom is -0.456 e. The van der Waals surface area contributed by atoms with Crippen LogP contribution in [0.15, 0.2) is 183 Å². The van der Waals surface area contributed by atoms with Crippen LogP contribution in [0.5, 0.6) is 0 Å². The highest BCUT2D eigenvalue weighted by Gasteiger charge is 2.20. The predicted molar refractivity (Wildman–Crippen MR) is 215 cm³/mol. The first kappa shape index (κ1) is 29.9. The second-order valence-electron chi connectivity index (χ2n) is 13.1. The second-order valence-corrected chi connectivity index (χ2v) is 13.1. The third-order valence-electron chi connectivity index (χ3n) is 9.95. The third-order valence-corrected chi connectivity index (χ3v) is 9.95. The van der Waals surface area contributed by atoms with E-state index in [2.05, 4.69) is 109 Å². The van der Waals surface area contributed by atoms with Crippen molar-refractivity contribution >= 4 is 77.1 Å². The van der Waals surface area contributed by atoms with Crippen LogP contribution < -0.4 is 5.73 Å². The number of fused-ring (bicyclic) bond motifs is 8. The first-order valence-electron chi connectivity index (χ1n) is 17.4. The summed E-state index contributed by atoms with van der Waals surface area (Å²) >= 11 is 0. The summed E-state index contributed by atoms with van der Waals surface area (Å²) in [6, 6.07) is 56.1. The molecule has 246 valence electrons. The highest BCUT2D eigenvalue weighted by Crippen LogP contribution is 2.39. The van der Waals surface area contributed by atoms with Gasteiger partial charge < -0.3 is 14.6 Å². The number of rotatable bonds is 5. The zero-order chi connectivity index (χ0) is 34.6. The lowest BCUT2D eigenvalue weighted by atomic mass is 9.94. The molecule has 5 nitrogen and oxygen atoms in total. The largest absolute Gasteiger partial charge is 0.456 e. The summed E-state index contributed by atoms with van der Waals surface area (Å²) in [4.78, 5) is 10.4. The summed E-state index contributed by atoms with van der Waals surface area (Å²) in [7, 11) is 0. The number of furan rings is 2. The molecule has 52 heavy (non-hydrogen) atoms. The number of para-hydroxylation sites is 2. The zero-order valence-electron chi connectivity index (χ0n) is 28.1. The lowest BCUT2D eigenvalue weighted by molar-refractivity contribution is 0.669. The number of hydrogen-bond acceptors (Lipinski definition) is 3. The molecule has 2 heterocycles. The molecule has 0 aliphatic rings. The highest BCUT2D eigenvalue weighted by molar-refractivity contribution is 6.24. The number of benzene rings is 8. The van der Waals surface area contributed by atoms with Crippen molar-refractivity contribution in [2.45, 2.75) is 6.54 Å². The van der Waals surface area contributed by atoms with Crippen LogP contribution in [0.4, 0.5) is 0 Å². The fourth-order valence-electron chi connectivity index (χ4n) is 7.41. The van der Waals surface area contributed by atoms with Crippen molar-refractivity contribution in [2.24, 2.45) is 15.7 Å². The van der Waals surface area contributed by atoms with Gasteiger partial charge in [-0.2, -0.15) is 0 Å². The van der Waals surface area contributed by atoms with Gasteiger partial charge in [-0.1, -0.05) is 115 Å². The van der Waals surface area contributed by atoms with Crippen LogP contribution in [0.1, 0.15) is 16.7 Å². The molecule has 0 saturated carbocycles. The van der Waals surface area contributed by atoms with Gasteiger partial charge in [0.15, 0.2) is 5.84 Å². The normalized spacial score (nSPS) is 12.6. The van der Waals surface area contributed by atoms with E-state index in [4.69, 9.17) is 24.6 Å². The molecule has 0 atom stereocenters. The van der Waals surface area contributed by atoms with E-state index in [0.29, 0.717) is 18.2 Å². The van der Waals surface area contributed by atoms with E-state index < -0.39 is 0 Å². The van der Waals surface area contributed by atoms with E-state index in [-0.39, 0.29) is 0 Å². The maximum absolute atomic E-state index is 7.22. The molecule has 10 aromatic rings. The molecule has 2 N–H and O–H groups in total. The molecular formula is C47H31N3O2. The summed E-state index contributed by atoms with van der Waals surface area (Å²) in [5.74, 6) is 0.905. The predicted octanol–water partition coefficient (Wildman–Crippen LogP) is 11.8. The van der Waals surface area contributed by atoms with Crippen molar-refractivity contribution < 1.29 is 8.83 Å². The van der Waals surface area contributed by atoms with Gasteiger partial charge in [0, 0.05) is 32.7 Å². The van der Waals surface area contributed by atoms with Crippen molar-refractivity contribution in [3.8, 4) is 11.1 Å². The molecule has 0 fully saturated rings. The Kier molecular flexibility index (Phi) is 6.96. The topological polar surface area (TPSA) is 77.0 Å². The van der Waals surface area contributed by atoms with Gasteiger partial charge in [-0.25, -0.2) is 4.99 Å². The van der Waals surface area contributed by atoms with E-state index in [9.17, 15) is 0 Å². The maximum Gasteiger partial charge on any atom is 0.157 e. The molecule has 0 aliphatic carbocycles. The Bertz CT molecular complexity index is 3070. The van der Waals surface area contributed by atoms with Gasteiger partial charge in [0.25, 0.3) is 0 Å². The standard InChI is InChI=1S/C47H31N3O2/c48-46(50-47(35-20-19-31-10-2-4-12-33(31)26-35)49-28-29-17-18-30-9-1-3-11-32(30)25-29)45-36(23-24-42-44(45)39-14-6-8-16-41(39)51-42)34-21-22-38-37-13-5-7-15-40(37)52-43(38)27-34/h1-27H,28H2,(H2,48,49,50). The van der Waals surface area contributed by atoms with Crippen LogP contribution in [-0.4, -0.2) is 11.7 Å². The fraction of sp³-hybridized carbons (Fsp3) is 0.0213. The smallest absolute Gasteiger partial charge is 0.157 e. The summed E-state index contributed by atoms with van der Waals surface area (Å²) in [5.41, 5.74) is 15.1. The van der Waals surface area contributed by atoms with Crippen molar-refractivity contribution in [1.82, 2.24) is 0 Å². The number of nitrogens with two attached hydrogens (primary N) is 1. The molecule has 0 spiro atoms. The molecule has 8 aromatic carbocycles. The number of nitrogens with zero attached hydrogens (tertiary/aromatic N) is 2. The van der Waals surface area contributed by atoms with Crippen LogP contribution in [0, 0.1) is 0 Å². The number of amidine groups is 2. The SMILES string of the molecule is NC(=NC(=NCc1ccc2ccccc2c1)c1ccc2ccccc2c1)c1c(-c2ccc3c(c2)oc2ccccc23)ccc2oc3ccccc3c12. The monoisotopic (exact) mass is 669 g/mol. The lowest BCUT2D eigenvalue weighted by Crippen LogP contribution is -2.18. The molecule has 2 aromatic heterocycles. The molecule has 0 saturated heterocycles. The minimum absolute atomic E-state index is 0.349. The Balaban J connectivity index is 1.18. The zero-order valence-corrected chi connectivity index (χ0v) is 28.1.